The lowest BCUT2D eigenvalue weighted by atomic mass is 9.94. The molecule has 2 heterocycles. The number of carbonyl (C=O) groups is 1. The van der Waals surface area contributed by atoms with Crippen molar-refractivity contribution in [2.24, 2.45) is 0 Å². The molecule has 1 aromatic heterocycles. The summed E-state index contributed by atoms with van der Waals surface area (Å²) in [5, 5.41) is 16.0. The highest BCUT2D eigenvalue weighted by Crippen LogP contribution is 2.26. The predicted octanol–water partition coefficient (Wildman–Crippen LogP) is 2.17. The summed E-state index contributed by atoms with van der Waals surface area (Å²) in [4.78, 5) is 12.3. The molecule has 1 saturated heterocycles. The Morgan fingerprint density at radius 1 is 1.35 bits per heavy atom. The molecule has 0 radical (unpaired) electrons. The number of hydrogen-bond acceptors (Lipinski definition) is 4. The Kier molecular flexibility index (Phi) is 3.74. The molecule has 1 aromatic carbocycles. The minimum atomic E-state index is -0.834. The Hall–Kier alpha value is -1.43. The molecule has 3 rings (SSSR count). The van der Waals surface area contributed by atoms with Gasteiger partial charge in [-0.15, -0.1) is 11.3 Å². The first-order valence-corrected chi connectivity index (χ1v) is 7.60. The van der Waals surface area contributed by atoms with Gasteiger partial charge in [-0.05, 0) is 6.07 Å². The summed E-state index contributed by atoms with van der Waals surface area (Å²) in [5.74, 6) is -0.123. The highest BCUT2D eigenvalue weighted by Gasteiger charge is 2.30. The van der Waals surface area contributed by atoms with Crippen molar-refractivity contribution < 1.29 is 14.6 Å². The van der Waals surface area contributed by atoms with Gasteiger partial charge in [0, 0.05) is 48.1 Å². The van der Waals surface area contributed by atoms with Crippen molar-refractivity contribution in [1.82, 2.24) is 5.32 Å². The number of rotatable bonds is 3. The fourth-order valence-electron chi connectivity index (χ4n) is 2.42. The first-order chi connectivity index (χ1) is 9.68. The van der Waals surface area contributed by atoms with E-state index in [4.69, 9.17) is 4.74 Å². The molecule has 2 aromatic rings. The van der Waals surface area contributed by atoms with Crippen LogP contribution in [-0.2, 0) is 4.74 Å². The number of amides is 1. The molecule has 20 heavy (non-hydrogen) atoms. The maximum Gasteiger partial charge on any atom is 0.252 e. The third-order valence-electron chi connectivity index (χ3n) is 3.73. The third-order valence-corrected chi connectivity index (χ3v) is 4.69. The van der Waals surface area contributed by atoms with Crippen LogP contribution in [0.5, 0.6) is 0 Å². The molecule has 1 aliphatic heterocycles. The largest absolute Gasteiger partial charge is 0.388 e. The predicted molar refractivity (Wildman–Crippen MR) is 79.2 cm³/mol. The zero-order valence-electron chi connectivity index (χ0n) is 11.1. The van der Waals surface area contributed by atoms with Crippen LogP contribution >= 0.6 is 11.3 Å². The molecule has 5 heteroatoms. The maximum absolute atomic E-state index is 12.3. The standard InChI is InChI=1S/C15H17NO3S/c17-14(16-10-15(18)5-7-19-8-6-15)12-9-20-13-4-2-1-3-11(12)13/h1-4,9,18H,5-8,10H2,(H,16,17). The van der Waals surface area contributed by atoms with Crippen molar-refractivity contribution in [2.45, 2.75) is 18.4 Å². The third kappa shape index (κ3) is 2.70. The Morgan fingerprint density at radius 3 is 2.90 bits per heavy atom. The van der Waals surface area contributed by atoms with Gasteiger partial charge in [-0.2, -0.15) is 0 Å². The van der Waals surface area contributed by atoms with Crippen LogP contribution in [0.15, 0.2) is 29.6 Å². The fraction of sp³-hybridized carbons (Fsp3) is 0.400. The number of thiophene rings is 1. The lowest BCUT2D eigenvalue weighted by molar-refractivity contribution is -0.0605. The number of benzene rings is 1. The minimum absolute atomic E-state index is 0.123. The van der Waals surface area contributed by atoms with E-state index in [0.29, 0.717) is 31.6 Å². The van der Waals surface area contributed by atoms with Crippen LogP contribution in [0.1, 0.15) is 23.2 Å². The van der Waals surface area contributed by atoms with E-state index >= 15 is 0 Å². The summed E-state index contributed by atoms with van der Waals surface area (Å²) in [5.41, 5.74) is -0.152. The van der Waals surface area contributed by atoms with Crippen LogP contribution < -0.4 is 5.32 Å². The van der Waals surface area contributed by atoms with Crippen molar-refractivity contribution in [1.29, 1.82) is 0 Å². The molecule has 0 unspecified atom stereocenters. The van der Waals surface area contributed by atoms with Crippen LogP contribution in [-0.4, -0.2) is 36.4 Å². The molecule has 0 spiro atoms. The van der Waals surface area contributed by atoms with Crippen molar-refractivity contribution in [3.8, 4) is 0 Å². The molecule has 0 atom stereocenters. The lowest BCUT2D eigenvalue weighted by Crippen LogP contribution is -2.46. The van der Waals surface area contributed by atoms with Gasteiger partial charge in [0.1, 0.15) is 0 Å². The topological polar surface area (TPSA) is 58.6 Å². The van der Waals surface area contributed by atoms with Crippen molar-refractivity contribution in [2.75, 3.05) is 19.8 Å². The average molecular weight is 291 g/mol. The first kappa shape index (κ1) is 13.5. The highest BCUT2D eigenvalue weighted by atomic mass is 32.1. The van der Waals surface area contributed by atoms with Gasteiger partial charge in [-0.25, -0.2) is 0 Å². The summed E-state index contributed by atoms with van der Waals surface area (Å²) in [6.45, 7) is 1.38. The smallest absolute Gasteiger partial charge is 0.252 e. The second kappa shape index (κ2) is 5.52. The van der Waals surface area contributed by atoms with E-state index in [9.17, 15) is 9.90 Å². The molecule has 106 valence electrons. The lowest BCUT2D eigenvalue weighted by Gasteiger charge is -2.32. The first-order valence-electron chi connectivity index (χ1n) is 6.73. The van der Waals surface area contributed by atoms with Gasteiger partial charge in [0.05, 0.1) is 11.2 Å². The Labute approximate surface area is 121 Å². The van der Waals surface area contributed by atoms with E-state index in [1.165, 1.54) is 0 Å². The SMILES string of the molecule is O=C(NCC1(O)CCOCC1)c1csc2ccccc12. The van der Waals surface area contributed by atoms with Gasteiger partial charge in [0.2, 0.25) is 0 Å². The van der Waals surface area contributed by atoms with E-state index in [1.807, 2.05) is 29.6 Å². The van der Waals surface area contributed by atoms with E-state index < -0.39 is 5.60 Å². The Bertz CT molecular complexity index is 616. The summed E-state index contributed by atoms with van der Waals surface area (Å²) < 4.78 is 6.33. The van der Waals surface area contributed by atoms with Crippen LogP contribution in [0.3, 0.4) is 0 Å². The molecule has 1 fully saturated rings. The monoisotopic (exact) mass is 291 g/mol. The number of nitrogens with one attached hydrogen (secondary N) is 1. The van der Waals surface area contributed by atoms with Crippen LogP contribution in [0, 0.1) is 0 Å². The highest BCUT2D eigenvalue weighted by molar-refractivity contribution is 7.17. The van der Waals surface area contributed by atoms with Crippen molar-refractivity contribution in [3.63, 3.8) is 0 Å². The fourth-order valence-corrected chi connectivity index (χ4v) is 3.36. The Balaban J connectivity index is 1.70. The van der Waals surface area contributed by atoms with Gasteiger partial charge < -0.3 is 15.2 Å². The zero-order chi connectivity index (χ0) is 14.0. The molecular formula is C15H17NO3S. The average Bonchev–Trinajstić information content (AvgIpc) is 2.90. The van der Waals surface area contributed by atoms with Crippen LogP contribution in [0.2, 0.25) is 0 Å². The quantitative estimate of drug-likeness (QED) is 0.911. The molecular weight excluding hydrogens is 274 g/mol. The molecule has 0 aliphatic carbocycles. The molecule has 2 N–H and O–H groups in total. The van der Waals surface area contributed by atoms with Crippen LogP contribution in [0.25, 0.3) is 10.1 Å². The number of carbonyl (C=O) groups excluding carboxylic acids is 1. The number of fused-ring (bicyclic) bond motifs is 1. The molecule has 4 nitrogen and oxygen atoms in total. The van der Waals surface area contributed by atoms with E-state index in [0.717, 1.165) is 10.1 Å². The summed E-state index contributed by atoms with van der Waals surface area (Å²) in [7, 11) is 0. The van der Waals surface area contributed by atoms with Gasteiger partial charge in [-0.3, -0.25) is 4.79 Å². The number of aliphatic hydroxyl groups is 1. The zero-order valence-corrected chi connectivity index (χ0v) is 11.9. The van der Waals surface area contributed by atoms with Crippen molar-refractivity contribution in [3.05, 3.63) is 35.2 Å². The molecule has 1 aliphatic rings. The number of ether oxygens (including phenoxy) is 1. The summed E-state index contributed by atoms with van der Waals surface area (Å²) in [6, 6.07) is 7.84. The second-order valence-electron chi connectivity index (χ2n) is 5.16. The molecule has 0 saturated carbocycles. The van der Waals surface area contributed by atoms with Gasteiger partial charge in [0.25, 0.3) is 5.91 Å². The van der Waals surface area contributed by atoms with Crippen molar-refractivity contribution >= 4 is 27.3 Å². The minimum Gasteiger partial charge on any atom is -0.388 e. The maximum atomic E-state index is 12.3. The molecule has 1 amide bonds. The van der Waals surface area contributed by atoms with E-state index in [-0.39, 0.29) is 12.5 Å². The van der Waals surface area contributed by atoms with E-state index in [2.05, 4.69) is 5.32 Å². The van der Waals surface area contributed by atoms with Crippen LogP contribution in [0.4, 0.5) is 0 Å². The van der Waals surface area contributed by atoms with Gasteiger partial charge in [0.15, 0.2) is 0 Å². The van der Waals surface area contributed by atoms with Gasteiger partial charge >= 0.3 is 0 Å². The molecule has 0 bridgehead atoms. The summed E-state index contributed by atoms with van der Waals surface area (Å²) in [6.07, 6.45) is 1.13. The van der Waals surface area contributed by atoms with Gasteiger partial charge in [-0.1, -0.05) is 18.2 Å². The normalized spacial score (nSPS) is 18.1. The Morgan fingerprint density at radius 2 is 2.10 bits per heavy atom. The second-order valence-corrected chi connectivity index (χ2v) is 6.08. The number of hydrogen-bond donors (Lipinski definition) is 2. The van der Waals surface area contributed by atoms with E-state index in [1.54, 1.807) is 11.3 Å². The summed E-state index contributed by atoms with van der Waals surface area (Å²) >= 11 is 1.56.